The Hall–Kier alpha value is -2.54. The van der Waals surface area contributed by atoms with Gasteiger partial charge in [-0.1, -0.05) is 0 Å². The second kappa shape index (κ2) is 8.43. The molecule has 142 valence electrons. The number of nitrogens with zero attached hydrogens (tertiary/aromatic N) is 1. The molecule has 0 saturated carbocycles. The summed E-state index contributed by atoms with van der Waals surface area (Å²) in [6.07, 6.45) is 1.28. The molecule has 1 amide bonds. The number of hydrogen-bond acceptors (Lipinski definition) is 5. The first-order valence-electron chi connectivity index (χ1n) is 8.75. The number of carbonyl (C=O) groups excluding carboxylic acids is 3. The number of benzene rings is 1. The van der Waals surface area contributed by atoms with Gasteiger partial charge in [-0.05, 0) is 56.2 Å². The van der Waals surface area contributed by atoms with Gasteiger partial charge in [0.05, 0.1) is 10.8 Å². The molecular formula is C20H20FNO4S. The van der Waals surface area contributed by atoms with Crippen LogP contribution < -0.4 is 0 Å². The number of carbonyl (C=O) groups is 3. The standard InChI is InChI=1S/C20H20FNO4S/c1-13-4-9-18(27-13)17(23)12-26-20(25)15-3-2-10-22(11-15)19(24)14-5-7-16(21)8-6-14/h4-9,15H,2-3,10-12H2,1H3. The molecular weight excluding hydrogens is 369 g/mol. The number of thiophene rings is 1. The molecule has 27 heavy (non-hydrogen) atoms. The number of aryl methyl sites for hydroxylation is 1. The first-order valence-corrected chi connectivity index (χ1v) is 9.57. The lowest BCUT2D eigenvalue weighted by molar-refractivity contribution is -0.148. The third-order valence-electron chi connectivity index (χ3n) is 4.49. The van der Waals surface area contributed by atoms with E-state index in [0.29, 0.717) is 29.8 Å². The van der Waals surface area contributed by atoms with Gasteiger partial charge in [-0.15, -0.1) is 11.3 Å². The molecule has 1 aromatic heterocycles. The van der Waals surface area contributed by atoms with Crippen molar-refractivity contribution in [3.63, 3.8) is 0 Å². The highest BCUT2D eigenvalue weighted by Crippen LogP contribution is 2.21. The zero-order valence-electron chi connectivity index (χ0n) is 14.9. The fraction of sp³-hybridized carbons (Fsp3) is 0.350. The van der Waals surface area contributed by atoms with E-state index < -0.39 is 17.7 Å². The van der Waals surface area contributed by atoms with E-state index in [0.717, 1.165) is 4.88 Å². The second-order valence-electron chi connectivity index (χ2n) is 6.54. The maximum Gasteiger partial charge on any atom is 0.311 e. The van der Waals surface area contributed by atoms with Crippen LogP contribution in [0.15, 0.2) is 36.4 Å². The van der Waals surface area contributed by atoms with E-state index in [1.165, 1.54) is 35.6 Å². The van der Waals surface area contributed by atoms with Gasteiger partial charge in [0, 0.05) is 23.5 Å². The topological polar surface area (TPSA) is 63.7 Å². The molecule has 1 aliphatic heterocycles. The van der Waals surface area contributed by atoms with E-state index in [2.05, 4.69) is 0 Å². The molecule has 2 aromatic rings. The van der Waals surface area contributed by atoms with Crippen molar-refractivity contribution in [1.29, 1.82) is 0 Å². The maximum atomic E-state index is 13.0. The number of hydrogen-bond donors (Lipinski definition) is 0. The predicted octanol–water partition coefficient (Wildman–Crippen LogP) is 3.47. The summed E-state index contributed by atoms with van der Waals surface area (Å²) >= 11 is 1.37. The van der Waals surface area contributed by atoms with E-state index >= 15 is 0 Å². The Kier molecular flexibility index (Phi) is 6.01. The van der Waals surface area contributed by atoms with Crippen molar-refractivity contribution in [1.82, 2.24) is 4.90 Å². The number of esters is 1. The minimum atomic E-state index is -0.465. The molecule has 1 aromatic carbocycles. The summed E-state index contributed by atoms with van der Waals surface area (Å²) in [7, 11) is 0. The van der Waals surface area contributed by atoms with Crippen LogP contribution in [0.4, 0.5) is 4.39 Å². The highest BCUT2D eigenvalue weighted by atomic mass is 32.1. The van der Waals surface area contributed by atoms with E-state index in [1.54, 1.807) is 11.0 Å². The largest absolute Gasteiger partial charge is 0.457 e. The van der Waals surface area contributed by atoms with Gasteiger partial charge in [-0.25, -0.2) is 4.39 Å². The van der Waals surface area contributed by atoms with E-state index in [9.17, 15) is 18.8 Å². The number of piperidine rings is 1. The van der Waals surface area contributed by atoms with Crippen LogP contribution in [0.25, 0.3) is 0 Å². The number of likely N-dealkylation sites (tertiary alicyclic amines) is 1. The van der Waals surface area contributed by atoms with E-state index in [-0.39, 0.29) is 24.8 Å². The SMILES string of the molecule is Cc1ccc(C(=O)COC(=O)C2CCCN(C(=O)c3ccc(F)cc3)C2)s1. The highest BCUT2D eigenvalue weighted by Gasteiger charge is 2.30. The zero-order valence-corrected chi connectivity index (χ0v) is 15.8. The third-order valence-corrected chi connectivity index (χ3v) is 5.54. The van der Waals surface area contributed by atoms with Gasteiger partial charge in [0.15, 0.2) is 6.61 Å². The van der Waals surface area contributed by atoms with Crippen LogP contribution in [0.1, 0.15) is 37.7 Å². The van der Waals surface area contributed by atoms with Crippen molar-refractivity contribution in [2.75, 3.05) is 19.7 Å². The molecule has 1 atom stereocenters. The molecule has 0 aliphatic carbocycles. The van der Waals surface area contributed by atoms with Crippen molar-refractivity contribution in [2.45, 2.75) is 19.8 Å². The molecule has 0 N–H and O–H groups in total. The minimum Gasteiger partial charge on any atom is -0.457 e. The van der Waals surface area contributed by atoms with Gasteiger partial charge in [-0.3, -0.25) is 14.4 Å². The Balaban J connectivity index is 1.55. The molecule has 0 spiro atoms. The third kappa shape index (κ3) is 4.80. The van der Waals surface area contributed by atoms with Crippen LogP contribution in [0.2, 0.25) is 0 Å². The highest BCUT2D eigenvalue weighted by molar-refractivity contribution is 7.14. The van der Waals surface area contributed by atoms with Crippen molar-refractivity contribution < 1.29 is 23.5 Å². The number of halogens is 1. The van der Waals surface area contributed by atoms with Crippen LogP contribution in [-0.4, -0.2) is 42.3 Å². The van der Waals surface area contributed by atoms with Crippen LogP contribution in [0.3, 0.4) is 0 Å². The van der Waals surface area contributed by atoms with Gasteiger partial charge >= 0.3 is 5.97 Å². The van der Waals surface area contributed by atoms with Crippen LogP contribution in [0.5, 0.6) is 0 Å². The minimum absolute atomic E-state index is 0.225. The summed E-state index contributed by atoms with van der Waals surface area (Å²) in [5, 5.41) is 0. The molecule has 2 heterocycles. The first-order chi connectivity index (χ1) is 12.9. The smallest absolute Gasteiger partial charge is 0.311 e. The van der Waals surface area contributed by atoms with E-state index in [4.69, 9.17) is 4.74 Å². The van der Waals surface area contributed by atoms with Crippen molar-refractivity contribution in [2.24, 2.45) is 5.92 Å². The van der Waals surface area contributed by atoms with Crippen LogP contribution in [0, 0.1) is 18.7 Å². The monoisotopic (exact) mass is 389 g/mol. The van der Waals surface area contributed by atoms with Crippen molar-refractivity contribution >= 4 is 29.0 Å². The Bertz CT molecular complexity index is 846. The average Bonchev–Trinajstić information content (AvgIpc) is 3.12. The normalized spacial score (nSPS) is 16.8. The van der Waals surface area contributed by atoms with Crippen molar-refractivity contribution in [3.05, 3.63) is 57.5 Å². The van der Waals surface area contributed by atoms with Gasteiger partial charge in [0.25, 0.3) is 5.91 Å². The fourth-order valence-electron chi connectivity index (χ4n) is 3.04. The average molecular weight is 389 g/mol. The summed E-state index contributed by atoms with van der Waals surface area (Å²) in [6, 6.07) is 8.91. The van der Waals surface area contributed by atoms with E-state index in [1.807, 2.05) is 13.0 Å². The molecule has 1 aliphatic rings. The lowest BCUT2D eigenvalue weighted by atomic mass is 9.97. The summed E-state index contributed by atoms with van der Waals surface area (Å²) in [6.45, 7) is 2.39. The Morgan fingerprint density at radius 2 is 1.93 bits per heavy atom. The maximum absolute atomic E-state index is 13.0. The molecule has 0 radical (unpaired) electrons. The Morgan fingerprint density at radius 1 is 1.19 bits per heavy atom. The molecule has 1 saturated heterocycles. The van der Waals surface area contributed by atoms with Gasteiger partial charge in [0.1, 0.15) is 5.82 Å². The molecule has 3 rings (SSSR count). The number of Topliss-reactive ketones (excluding diaryl/α,β-unsaturated/α-hetero) is 1. The predicted molar refractivity (Wildman–Crippen MR) is 99.4 cm³/mol. The van der Waals surface area contributed by atoms with Gasteiger partial charge < -0.3 is 9.64 Å². The molecule has 0 bridgehead atoms. The molecule has 1 unspecified atom stereocenters. The summed E-state index contributed by atoms with van der Waals surface area (Å²) < 4.78 is 18.2. The fourth-order valence-corrected chi connectivity index (χ4v) is 3.83. The second-order valence-corrected chi connectivity index (χ2v) is 7.83. The number of ketones is 1. The quantitative estimate of drug-likeness (QED) is 0.580. The van der Waals surface area contributed by atoms with Crippen LogP contribution in [-0.2, 0) is 9.53 Å². The van der Waals surface area contributed by atoms with Gasteiger partial charge in [-0.2, -0.15) is 0 Å². The van der Waals surface area contributed by atoms with Gasteiger partial charge in [0.2, 0.25) is 5.78 Å². The van der Waals surface area contributed by atoms with Crippen molar-refractivity contribution in [3.8, 4) is 0 Å². The Morgan fingerprint density at radius 3 is 2.59 bits per heavy atom. The first kappa shape index (κ1) is 19.2. The Labute approximate surface area is 160 Å². The molecule has 5 nitrogen and oxygen atoms in total. The summed E-state index contributed by atoms with van der Waals surface area (Å²) in [4.78, 5) is 40.1. The summed E-state index contributed by atoms with van der Waals surface area (Å²) in [5.41, 5.74) is 0.383. The number of rotatable bonds is 5. The molecule has 1 fully saturated rings. The summed E-state index contributed by atoms with van der Waals surface area (Å²) in [5.74, 6) is -1.79. The zero-order chi connectivity index (χ0) is 19.4. The molecule has 7 heteroatoms. The number of amides is 1. The lowest BCUT2D eigenvalue weighted by Gasteiger charge is -2.31. The van der Waals surface area contributed by atoms with Crippen LogP contribution >= 0.6 is 11.3 Å². The lowest BCUT2D eigenvalue weighted by Crippen LogP contribution is -2.43. The number of ether oxygens (including phenoxy) is 1.